The number of nitrogens with two attached hydrogens (primary N) is 2. The fourth-order valence-electron chi connectivity index (χ4n) is 0.503. The molecule has 0 saturated carbocycles. The lowest BCUT2D eigenvalue weighted by molar-refractivity contribution is 0.478. The summed E-state index contributed by atoms with van der Waals surface area (Å²) in [5.74, 6) is 0. The van der Waals surface area contributed by atoms with Crippen LogP contribution in [0.1, 0.15) is 20.3 Å². The van der Waals surface area contributed by atoms with Crippen molar-refractivity contribution in [2.45, 2.75) is 27.2 Å². The van der Waals surface area contributed by atoms with Crippen molar-refractivity contribution in [3.8, 4) is 0 Å². The third kappa shape index (κ3) is 3.19. The summed E-state index contributed by atoms with van der Waals surface area (Å²) in [6.07, 6.45) is 0.956. The van der Waals surface area contributed by atoms with Crippen molar-refractivity contribution >= 4 is 45.2 Å². The fraction of sp³-hybridized carbons (Fsp3) is 1.00. The average Bonchev–Trinajstić information content (AvgIpc) is 1.61. The van der Waals surface area contributed by atoms with Crippen LogP contribution in [0.3, 0.4) is 0 Å². The van der Waals surface area contributed by atoms with Gasteiger partial charge in [0.2, 0.25) is 0 Å². The minimum absolute atomic E-state index is 0.0806. The molecule has 0 radical (unpaired) electrons. The first-order chi connectivity index (χ1) is 4.31. The summed E-state index contributed by atoms with van der Waals surface area (Å²) in [5.41, 5.74) is 11.2. The van der Waals surface area contributed by atoms with Crippen molar-refractivity contribution in [2.24, 2.45) is 11.5 Å². The van der Waals surface area contributed by atoms with Gasteiger partial charge in [-0.1, -0.05) is 45.2 Å². The molecule has 2 nitrogen and oxygen atoms in total. The molecule has 0 aliphatic carbocycles. The summed E-state index contributed by atoms with van der Waals surface area (Å²) in [6, 6.07) is 0. The van der Waals surface area contributed by atoms with Gasteiger partial charge in [0, 0.05) is 5.54 Å². The van der Waals surface area contributed by atoms with Gasteiger partial charge in [-0.25, -0.2) is 0 Å². The summed E-state index contributed by atoms with van der Waals surface area (Å²) < 4.78 is 0.0806. The molecule has 0 aromatic rings. The van der Waals surface area contributed by atoms with Crippen molar-refractivity contribution in [1.82, 2.24) is 0 Å². The van der Waals surface area contributed by atoms with Crippen LogP contribution < -0.4 is 11.5 Å². The molecule has 0 amide bonds. The molecule has 0 rings (SSSR count). The summed E-state index contributed by atoms with van der Waals surface area (Å²) >= 11 is 4.73. The highest BCUT2D eigenvalue weighted by molar-refractivity contribution is 14.2. The Morgan fingerprint density at radius 1 is 1.30 bits per heavy atom. The zero-order valence-electron chi connectivity index (χ0n) is 6.32. The van der Waals surface area contributed by atoms with Crippen LogP contribution in [0.15, 0.2) is 0 Å². The first kappa shape index (κ1) is 11.4. The quantitative estimate of drug-likeness (QED) is 0.588. The van der Waals surface area contributed by atoms with Gasteiger partial charge in [-0.3, -0.25) is 0 Å². The Morgan fingerprint density at radius 3 is 1.80 bits per heavy atom. The van der Waals surface area contributed by atoms with Gasteiger partial charge in [0.25, 0.3) is 0 Å². The lowest BCUT2D eigenvalue weighted by atomic mass is 10.0. The molecule has 10 heavy (non-hydrogen) atoms. The predicted octanol–water partition coefficient (Wildman–Crippen LogP) is 1.64. The van der Waals surface area contributed by atoms with E-state index in [-0.39, 0.29) is 6.97 Å². The molecule has 0 aliphatic heterocycles. The molecule has 0 bridgehead atoms. The molecule has 4 N–H and O–H groups in total. The van der Waals surface area contributed by atoms with Crippen molar-refractivity contribution in [3.63, 3.8) is 0 Å². The first-order valence-corrected chi connectivity index (χ1v) is 5.34. The Labute approximate surface area is 89.8 Å². The van der Waals surface area contributed by atoms with E-state index in [9.17, 15) is 0 Å². The van der Waals surface area contributed by atoms with Crippen molar-refractivity contribution in [3.05, 3.63) is 0 Å². The van der Waals surface area contributed by atoms with Gasteiger partial charge in [0.05, 0.1) is 1.43 Å². The summed E-state index contributed by atoms with van der Waals surface area (Å²) in [6.45, 7) is 4.76. The van der Waals surface area contributed by atoms with E-state index in [0.717, 1.165) is 6.42 Å². The van der Waals surface area contributed by atoms with E-state index in [2.05, 4.69) is 45.2 Å². The molecule has 0 spiro atoms. The van der Waals surface area contributed by atoms with Crippen LogP contribution in [0.2, 0.25) is 0 Å². The first-order valence-electron chi connectivity index (χ1n) is 3.18. The topological polar surface area (TPSA) is 52.0 Å². The molecule has 62 valence electrons. The minimum Gasteiger partial charge on any atom is -0.330 e. The zero-order chi connectivity index (χ0) is 8.41. The lowest BCUT2D eigenvalue weighted by Crippen LogP contribution is -2.49. The van der Waals surface area contributed by atoms with Crippen molar-refractivity contribution < 1.29 is 0 Å². The molecule has 4 heteroatoms. The van der Waals surface area contributed by atoms with Crippen molar-refractivity contribution in [1.29, 1.82) is 0 Å². The second kappa shape index (κ2) is 3.86. The molecule has 0 aliphatic rings. The largest absolute Gasteiger partial charge is 0.330 e. The minimum atomic E-state index is -0.159. The molecular weight excluding hydrogens is 354 g/mol. The lowest BCUT2D eigenvalue weighted by Gasteiger charge is -2.34. The molecule has 0 saturated heterocycles. The van der Waals surface area contributed by atoms with E-state index < -0.39 is 0 Å². The Balaban J connectivity index is 4.10. The molecule has 0 aromatic heterocycles. The molecule has 0 unspecified atom stereocenters. The van der Waals surface area contributed by atoms with Crippen LogP contribution in [-0.4, -0.2) is 13.5 Å². The second-order valence-corrected chi connectivity index (χ2v) is 8.71. The van der Waals surface area contributed by atoms with Gasteiger partial charge >= 0.3 is 0 Å². The van der Waals surface area contributed by atoms with Gasteiger partial charge in [-0.2, -0.15) is 0 Å². The van der Waals surface area contributed by atoms with Gasteiger partial charge in [0.1, 0.15) is 0 Å². The Bertz CT molecular complexity index is 107. The zero-order valence-corrected chi connectivity index (χ0v) is 10.6. The number of hydrogen-bond donors (Lipinski definition) is 2. The van der Waals surface area contributed by atoms with Crippen LogP contribution in [0, 0.1) is 0 Å². The normalized spacial score (nSPS) is 13.8. The number of rotatable bonds is 3. The highest BCUT2D eigenvalue weighted by Gasteiger charge is 2.36. The highest BCUT2D eigenvalue weighted by atomic mass is 127. The molecule has 0 aromatic carbocycles. The SMILES string of the molecule is CC(C)(N)C(I)(I)CCN. The molecule has 0 atom stereocenters. The highest BCUT2D eigenvalue weighted by Crippen LogP contribution is 2.39. The Morgan fingerprint density at radius 2 is 1.70 bits per heavy atom. The van der Waals surface area contributed by atoms with Crippen LogP contribution in [0.4, 0.5) is 0 Å². The van der Waals surface area contributed by atoms with E-state index in [1.807, 2.05) is 13.8 Å². The maximum absolute atomic E-state index is 5.93. The van der Waals surface area contributed by atoms with Gasteiger partial charge in [0.15, 0.2) is 0 Å². The van der Waals surface area contributed by atoms with Crippen LogP contribution >= 0.6 is 45.2 Å². The molecule has 0 fully saturated rings. The fourth-order valence-corrected chi connectivity index (χ4v) is 1.13. The standard InChI is InChI=1S/C6H14I2N2/c1-5(2,10)6(7,8)3-4-9/h3-4,9-10H2,1-2H3. The molecular formula is C6H14I2N2. The van der Waals surface area contributed by atoms with E-state index in [1.165, 1.54) is 0 Å². The van der Waals surface area contributed by atoms with Crippen LogP contribution in [0.5, 0.6) is 0 Å². The maximum atomic E-state index is 5.93. The Hall–Kier alpha value is 1.38. The Kier molecular flexibility index (Phi) is 4.39. The van der Waals surface area contributed by atoms with E-state index in [0.29, 0.717) is 6.54 Å². The maximum Gasteiger partial charge on any atom is 0.0919 e. The van der Waals surface area contributed by atoms with E-state index >= 15 is 0 Å². The van der Waals surface area contributed by atoms with Gasteiger partial charge in [-0.15, -0.1) is 0 Å². The monoisotopic (exact) mass is 368 g/mol. The van der Waals surface area contributed by atoms with Gasteiger partial charge in [-0.05, 0) is 26.8 Å². The summed E-state index contributed by atoms with van der Waals surface area (Å²) in [4.78, 5) is 0. The second-order valence-electron chi connectivity index (χ2n) is 2.96. The predicted molar refractivity (Wildman–Crippen MR) is 62.7 cm³/mol. The summed E-state index contributed by atoms with van der Waals surface area (Å²) in [5, 5.41) is 0. The van der Waals surface area contributed by atoms with Crippen LogP contribution in [-0.2, 0) is 0 Å². The summed E-state index contributed by atoms with van der Waals surface area (Å²) in [7, 11) is 0. The number of halogens is 2. The average molecular weight is 368 g/mol. The molecule has 0 heterocycles. The van der Waals surface area contributed by atoms with Crippen LogP contribution in [0.25, 0.3) is 0 Å². The van der Waals surface area contributed by atoms with E-state index in [4.69, 9.17) is 11.5 Å². The van der Waals surface area contributed by atoms with E-state index in [1.54, 1.807) is 0 Å². The van der Waals surface area contributed by atoms with Gasteiger partial charge < -0.3 is 11.5 Å². The third-order valence-electron chi connectivity index (χ3n) is 1.40. The third-order valence-corrected chi connectivity index (χ3v) is 5.26. The smallest absolute Gasteiger partial charge is 0.0919 e. The number of hydrogen-bond acceptors (Lipinski definition) is 2. The number of alkyl halides is 2. The van der Waals surface area contributed by atoms with Crippen molar-refractivity contribution in [2.75, 3.05) is 6.54 Å².